The second-order valence-corrected chi connectivity index (χ2v) is 6.24. The Balaban J connectivity index is 2.21. The Hall–Kier alpha value is -1.39. The van der Waals surface area contributed by atoms with Crippen molar-refractivity contribution < 1.29 is 4.74 Å². The predicted molar refractivity (Wildman–Crippen MR) is 72.8 cm³/mol. The number of thiazole rings is 1. The van der Waals surface area contributed by atoms with Gasteiger partial charge >= 0.3 is 0 Å². The third-order valence-corrected chi connectivity index (χ3v) is 4.22. The van der Waals surface area contributed by atoms with E-state index < -0.39 is 5.54 Å². The summed E-state index contributed by atoms with van der Waals surface area (Å²) in [5.41, 5.74) is 6.88. The zero-order chi connectivity index (χ0) is 12.8. The van der Waals surface area contributed by atoms with E-state index in [0.717, 1.165) is 22.7 Å². The Morgan fingerprint density at radius 3 is 2.83 bits per heavy atom. The number of para-hydroxylation sites is 1. The number of rotatable bonds is 1. The van der Waals surface area contributed by atoms with Gasteiger partial charge in [-0.25, -0.2) is 4.98 Å². The number of ether oxygens (including phenoxy) is 1. The molecule has 0 radical (unpaired) electrons. The van der Waals surface area contributed by atoms with E-state index in [9.17, 15) is 0 Å². The molecule has 4 heteroatoms. The largest absolute Gasteiger partial charge is 0.487 e. The normalized spacial score (nSPS) is 25.3. The molecule has 0 spiro atoms. The highest BCUT2D eigenvalue weighted by Gasteiger charge is 2.45. The Labute approximate surface area is 111 Å². The van der Waals surface area contributed by atoms with E-state index >= 15 is 0 Å². The van der Waals surface area contributed by atoms with E-state index in [-0.39, 0.29) is 5.60 Å². The molecule has 1 aliphatic heterocycles. The number of benzene rings is 1. The zero-order valence-electron chi connectivity index (χ0n) is 10.5. The van der Waals surface area contributed by atoms with Gasteiger partial charge < -0.3 is 10.5 Å². The van der Waals surface area contributed by atoms with Gasteiger partial charge in [0.05, 0.1) is 0 Å². The van der Waals surface area contributed by atoms with Gasteiger partial charge in [0.2, 0.25) is 0 Å². The molecule has 2 aromatic rings. The third kappa shape index (κ3) is 1.72. The molecule has 0 saturated heterocycles. The van der Waals surface area contributed by atoms with Crippen LogP contribution in [0.2, 0.25) is 0 Å². The standard InChI is InChI=1S/C14H16N2OS/c1-13(2)9-14(15,12-16-7-8-18-12)10-5-3-4-6-11(10)17-13/h3-8H,9,15H2,1-2H3. The summed E-state index contributed by atoms with van der Waals surface area (Å²) in [5, 5.41) is 2.92. The second kappa shape index (κ2) is 3.80. The summed E-state index contributed by atoms with van der Waals surface area (Å²) in [6, 6.07) is 7.98. The van der Waals surface area contributed by atoms with Crippen molar-refractivity contribution in [3.8, 4) is 5.75 Å². The van der Waals surface area contributed by atoms with Crippen LogP contribution in [-0.4, -0.2) is 10.6 Å². The Bertz CT molecular complexity index is 565. The number of hydrogen-bond donors (Lipinski definition) is 1. The Morgan fingerprint density at radius 1 is 1.33 bits per heavy atom. The minimum absolute atomic E-state index is 0.283. The minimum atomic E-state index is -0.549. The molecule has 2 heterocycles. The first-order chi connectivity index (χ1) is 8.51. The minimum Gasteiger partial charge on any atom is -0.487 e. The maximum Gasteiger partial charge on any atom is 0.125 e. The maximum absolute atomic E-state index is 6.68. The van der Waals surface area contributed by atoms with Crippen molar-refractivity contribution in [2.24, 2.45) is 5.73 Å². The molecule has 2 N–H and O–H groups in total. The predicted octanol–water partition coefficient (Wildman–Crippen LogP) is 2.91. The first kappa shape index (κ1) is 11.7. The van der Waals surface area contributed by atoms with Crippen LogP contribution in [0.4, 0.5) is 0 Å². The van der Waals surface area contributed by atoms with Crippen LogP contribution in [0.5, 0.6) is 5.75 Å². The maximum atomic E-state index is 6.68. The highest BCUT2D eigenvalue weighted by atomic mass is 32.1. The lowest BCUT2D eigenvalue weighted by molar-refractivity contribution is 0.0555. The van der Waals surface area contributed by atoms with Crippen LogP contribution in [-0.2, 0) is 5.54 Å². The molecular formula is C14H16N2OS. The third-order valence-electron chi connectivity index (χ3n) is 3.27. The van der Waals surface area contributed by atoms with Crippen molar-refractivity contribution in [2.75, 3.05) is 0 Å². The van der Waals surface area contributed by atoms with Crippen LogP contribution in [0.1, 0.15) is 30.8 Å². The zero-order valence-corrected chi connectivity index (χ0v) is 11.3. The summed E-state index contributed by atoms with van der Waals surface area (Å²) in [7, 11) is 0. The van der Waals surface area contributed by atoms with E-state index in [1.165, 1.54) is 0 Å². The highest BCUT2D eigenvalue weighted by Crippen LogP contribution is 2.45. The highest BCUT2D eigenvalue weighted by molar-refractivity contribution is 7.09. The Kier molecular flexibility index (Phi) is 2.47. The van der Waals surface area contributed by atoms with Crippen molar-refractivity contribution in [2.45, 2.75) is 31.4 Å². The SMILES string of the molecule is CC1(C)CC(N)(c2nccs2)c2ccccc2O1. The van der Waals surface area contributed by atoms with Gasteiger partial charge in [0.15, 0.2) is 0 Å². The van der Waals surface area contributed by atoms with Gasteiger partial charge in [0.25, 0.3) is 0 Å². The van der Waals surface area contributed by atoms with Crippen LogP contribution in [0.25, 0.3) is 0 Å². The van der Waals surface area contributed by atoms with Gasteiger partial charge in [-0.05, 0) is 19.9 Å². The first-order valence-corrected chi connectivity index (χ1v) is 6.87. The number of nitrogens with zero attached hydrogens (tertiary/aromatic N) is 1. The van der Waals surface area contributed by atoms with Gasteiger partial charge in [-0.2, -0.15) is 0 Å². The molecule has 1 atom stereocenters. The van der Waals surface area contributed by atoms with Crippen molar-refractivity contribution in [3.63, 3.8) is 0 Å². The molecule has 94 valence electrons. The summed E-state index contributed by atoms with van der Waals surface area (Å²) < 4.78 is 6.01. The van der Waals surface area contributed by atoms with Gasteiger partial charge in [-0.1, -0.05) is 18.2 Å². The fraction of sp³-hybridized carbons (Fsp3) is 0.357. The summed E-state index contributed by atoms with van der Waals surface area (Å²) in [5.74, 6) is 0.867. The van der Waals surface area contributed by atoms with Crippen molar-refractivity contribution in [3.05, 3.63) is 46.4 Å². The fourth-order valence-corrected chi connectivity index (χ4v) is 3.42. The van der Waals surface area contributed by atoms with Crippen LogP contribution >= 0.6 is 11.3 Å². The average Bonchev–Trinajstić information content (AvgIpc) is 2.81. The Morgan fingerprint density at radius 2 is 2.11 bits per heavy atom. The molecule has 0 amide bonds. The second-order valence-electron chi connectivity index (χ2n) is 5.34. The molecule has 1 aromatic heterocycles. The molecule has 3 nitrogen and oxygen atoms in total. The molecule has 1 unspecified atom stereocenters. The number of aromatic nitrogens is 1. The van der Waals surface area contributed by atoms with Crippen molar-refractivity contribution >= 4 is 11.3 Å². The van der Waals surface area contributed by atoms with E-state index in [4.69, 9.17) is 10.5 Å². The summed E-state index contributed by atoms with van der Waals surface area (Å²) in [4.78, 5) is 4.41. The molecule has 0 bridgehead atoms. The molecule has 0 aliphatic carbocycles. The lowest BCUT2D eigenvalue weighted by atomic mass is 9.79. The van der Waals surface area contributed by atoms with E-state index in [1.54, 1.807) is 17.5 Å². The molecule has 3 rings (SSSR count). The van der Waals surface area contributed by atoms with Crippen LogP contribution in [0.3, 0.4) is 0 Å². The smallest absolute Gasteiger partial charge is 0.125 e. The van der Waals surface area contributed by atoms with Crippen LogP contribution < -0.4 is 10.5 Å². The first-order valence-electron chi connectivity index (χ1n) is 5.99. The van der Waals surface area contributed by atoms with E-state index in [2.05, 4.69) is 18.8 Å². The summed E-state index contributed by atoms with van der Waals surface area (Å²) in [6.07, 6.45) is 2.53. The molecule has 1 aliphatic rings. The van der Waals surface area contributed by atoms with Gasteiger partial charge in [-0.15, -0.1) is 11.3 Å². The lowest BCUT2D eigenvalue weighted by Gasteiger charge is -2.42. The lowest BCUT2D eigenvalue weighted by Crippen LogP contribution is -2.50. The van der Waals surface area contributed by atoms with Crippen molar-refractivity contribution in [1.29, 1.82) is 0 Å². The average molecular weight is 260 g/mol. The van der Waals surface area contributed by atoms with Gasteiger partial charge in [-0.3, -0.25) is 0 Å². The summed E-state index contributed by atoms with van der Waals surface area (Å²) in [6.45, 7) is 4.14. The number of fused-ring (bicyclic) bond motifs is 1. The van der Waals surface area contributed by atoms with Crippen LogP contribution in [0, 0.1) is 0 Å². The summed E-state index contributed by atoms with van der Waals surface area (Å²) >= 11 is 1.60. The topological polar surface area (TPSA) is 48.1 Å². The molecular weight excluding hydrogens is 244 g/mol. The van der Waals surface area contributed by atoms with E-state index in [1.807, 2.05) is 29.6 Å². The number of hydrogen-bond acceptors (Lipinski definition) is 4. The molecule has 0 fully saturated rings. The number of nitrogens with two attached hydrogens (primary N) is 1. The monoisotopic (exact) mass is 260 g/mol. The van der Waals surface area contributed by atoms with Gasteiger partial charge in [0, 0.05) is 23.6 Å². The van der Waals surface area contributed by atoms with Gasteiger partial charge in [0.1, 0.15) is 21.9 Å². The molecule has 18 heavy (non-hydrogen) atoms. The van der Waals surface area contributed by atoms with Crippen molar-refractivity contribution in [1.82, 2.24) is 4.98 Å². The fourth-order valence-electron chi connectivity index (χ4n) is 2.66. The van der Waals surface area contributed by atoms with Crippen LogP contribution in [0.15, 0.2) is 35.8 Å². The quantitative estimate of drug-likeness (QED) is 0.857. The molecule has 0 saturated carbocycles. The van der Waals surface area contributed by atoms with E-state index in [0.29, 0.717) is 0 Å². The molecule has 1 aromatic carbocycles.